The van der Waals surface area contributed by atoms with Crippen LogP contribution in [-0.4, -0.2) is 21.4 Å². The van der Waals surface area contributed by atoms with Crippen LogP contribution in [0.4, 0.5) is 9.39 Å². The van der Waals surface area contributed by atoms with Crippen molar-refractivity contribution >= 4 is 27.8 Å². The molecule has 0 bridgehead atoms. The molecule has 1 aromatic rings. The van der Waals surface area contributed by atoms with E-state index in [0.717, 1.165) is 10.6 Å². The molecule has 0 fully saturated rings. The Morgan fingerprint density at radius 3 is 2.95 bits per heavy atom. The summed E-state index contributed by atoms with van der Waals surface area (Å²) >= 11 is 1.59. The highest BCUT2D eigenvalue weighted by atomic mass is 32.1. The van der Waals surface area contributed by atoms with Crippen molar-refractivity contribution in [1.82, 2.24) is 0 Å². The third-order valence-electron chi connectivity index (χ3n) is 3.43. The Labute approximate surface area is 115 Å². The van der Waals surface area contributed by atoms with Gasteiger partial charge < -0.3 is 0 Å². The maximum atomic E-state index is 13.3. The van der Waals surface area contributed by atoms with E-state index in [9.17, 15) is 9.60 Å². The van der Waals surface area contributed by atoms with Crippen molar-refractivity contribution in [2.45, 2.75) is 39.2 Å². The van der Waals surface area contributed by atoms with Gasteiger partial charge in [-0.05, 0) is 12.0 Å². The zero-order valence-corrected chi connectivity index (χ0v) is 11.8. The van der Waals surface area contributed by atoms with Gasteiger partial charge in [0.25, 0.3) is 5.71 Å². The first-order valence-corrected chi connectivity index (χ1v) is 7.26. The molecular weight excluding hydrogens is 263 g/mol. The summed E-state index contributed by atoms with van der Waals surface area (Å²) in [7, 11) is 0. The molecule has 0 unspecified atom stereocenters. The molecule has 0 saturated heterocycles. The highest BCUT2D eigenvalue weighted by Crippen LogP contribution is 2.36. The van der Waals surface area contributed by atoms with Crippen molar-refractivity contribution in [3.05, 3.63) is 28.4 Å². The number of hydrogen-bond acceptors (Lipinski definition) is 3. The summed E-state index contributed by atoms with van der Waals surface area (Å²) in [5.41, 5.74) is 2.29. The molecule has 1 aliphatic heterocycles. The van der Waals surface area contributed by atoms with Gasteiger partial charge in [-0.15, -0.1) is 0 Å². The lowest BCUT2D eigenvalue weighted by Gasteiger charge is -2.06. The zero-order valence-electron chi connectivity index (χ0n) is 11.0. The number of hydrogen-bond donors (Lipinski definition) is 1. The van der Waals surface area contributed by atoms with E-state index in [1.165, 1.54) is 15.7 Å². The maximum Gasteiger partial charge on any atom is 0.317 e. The largest absolute Gasteiger partial charge is 0.317 e. The van der Waals surface area contributed by atoms with E-state index in [0.29, 0.717) is 36.7 Å². The van der Waals surface area contributed by atoms with E-state index in [-0.39, 0.29) is 5.83 Å². The van der Waals surface area contributed by atoms with Crippen LogP contribution in [0, 0.1) is 0 Å². The third-order valence-corrected chi connectivity index (χ3v) is 4.89. The lowest BCUT2D eigenvalue weighted by Crippen LogP contribution is -2.24. The van der Waals surface area contributed by atoms with E-state index in [2.05, 4.69) is 24.9 Å². The molecule has 0 atom stereocenters. The van der Waals surface area contributed by atoms with Crippen molar-refractivity contribution in [3.63, 3.8) is 0 Å². The average Bonchev–Trinajstić information content (AvgIpc) is 2.75. The number of thiophene rings is 1. The van der Waals surface area contributed by atoms with E-state index < -0.39 is 0 Å². The number of fused-ring (bicyclic) bond motifs is 2. The smallest absolute Gasteiger partial charge is 0.283 e. The molecule has 0 saturated carbocycles. The van der Waals surface area contributed by atoms with Crippen LogP contribution in [0.2, 0.25) is 0 Å². The number of rotatable bonds is 1. The molecule has 2 aliphatic rings. The van der Waals surface area contributed by atoms with Gasteiger partial charge in [-0.2, -0.15) is 0 Å². The van der Waals surface area contributed by atoms with Gasteiger partial charge >= 0.3 is 5.00 Å². The molecule has 0 spiro atoms. The molecule has 0 aromatic carbocycles. The van der Waals surface area contributed by atoms with E-state index in [1.54, 1.807) is 11.3 Å². The highest BCUT2D eigenvalue weighted by molar-refractivity contribution is 7.15. The van der Waals surface area contributed by atoms with Crippen molar-refractivity contribution in [3.8, 4) is 0 Å². The van der Waals surface area contributed by atoms with Crippen molar-refractivity contribution in [2.75, 3.05) is 0 Å². The quantitative estimate of drug-likeness (QED) is 0.613. The fourth-order valence-corrected chi connectivity index (χ4v) is 3.44. The average molecular weight is 279 g/mol. The Hall–Kier alpha value is -1.49. The lowest BCUT2D eigenvalue weighted by atomic mass is 10.0. The fourth-order valence-electron chi connectivity index (χ4n) is 2.33. The number of halogens is 1. The van der Waals surface area contributed by atoms with Gasteiger partial charge in [0, 0.05) is 28.5 Å². The predicted molar refractivity (Wildman–Crippen MR) is 74.7 cm³/mol. The standard InChI is InChI=1S/C14H16FN2OS/c1-8(2)13-5-9-7-16-11-6-10(15)3-4-12(11)17(18)14(9)19-13/h5-6,8,18H,3-4,7H2,1-2H3/q+1. The number of nitrogens with zero attached hydrogens (tertiary/aromatic N) is 2. The Morgan fingerprint density at radius 2 is 2.21 bits per heavy atom. The van der Waals surface area contributed by atoms with Crippen LogP contribution in [0.3, 0.4) is 0 Å². The second kappa shape index (κ2) is 4.56. The Morgan fingerprint density at radius 1 is 1.42 bits per heavy atom. The molecule has 2 heterocycles. The minimum Gasteiger partial charge on any atom is -0.283 e. The molecule has 100 valence electrons. The Bertz CT molecular complexity index is 625. The summed E-state index contributed by atoms with van der Waals surface area (Å²) in [5.74, 6) is 0.270. The summed E-state index contributed by atoms with van der Waals surface area (Å²) in [4.78, 5) is 5.67. The Balaban J connectivity index is 2.12. The van der Waals surface area contributed by atoms with Crippen molar-refractivity contribution in [2.24, 2.45) is 4.99 Å². The van der Waals surface area contributed by atoms with E-state index in [4.69, 9.17) is 0 Å². The monoisotopic (exact) mass is 279 g/mol. The molecule has 3 nitrogen and oxygen atoms in total. The Kier molecular flexibility index (Phi) is 3.01. The van der Waals surface area contributed by atoms with Crippen LogP contribution in [0.5, 0.6) is 0 Å². The van der Waals surface area contributed by atoms with Gasteiger partial charge in [0.1, 0.15) is 11.5 Å². The number of aliphatic imine (C=N–C) groups is 1. The van der Waals surface area contributed by atoms with E-state index in [1.807, 2.05) is 0 Å². The molecule has 0 amide bonds. The highest BCUT2D eigenvalue weighted by Gasteiger charge is 2.32. The first-order chi connectivity index (χ1) is 9.06. The predicted octanol–water partition coefficient (Wildman–Crippen LogP) is 3.95. The molecular formula is C14H16FN2OS+. The molecule has 1 aliphatic carbocycles. The zero-order chi connectivity index (χ0) is 13.6. The minimum absolute atomic E-state index is 0.163. The second-order valence-electron chi connectivity index (χ2n) is 5.19. The first-order valence-electron chi connectivity index (χ1n) is 6.44. The topological polar surface area (TPSA) is 35.6 Å². The van der Waals surface area contributed by atoms with Crippen molar-refractivity contribution < 1.29 is 14.3 Å². The van der Waals surface area contributed by atoms with Gasteiger partial charge in [-0.1, -0.05) is 25.2 Å². The van der Waals surface area contributed by atoms with Crippen LogP contribution in [0.15, 0.2) is 23.0 Å². The van der Waals surface area contributed by atoms with Crippen LogP contribution < -0.4 is 0 Å². The molecule has 1 N–H and O–H groups in total. The molecule has 1 aromatic heterocycles. The fraction of sp³-hybridized carbons (Fsp3) is 0.429. The number of allylic oxidation sites excluding steroid dienone is 2. The molecule has 3 rings (SSSR count). The van der Waals surface area contributed by atoms with Gasteiger partial charge in [-0.3, -0.25) is 10.2 Å². The van der Waals surface area contributed by atoms with Crippen molar-refractivity contribution in [1.29, 1.82) is 0 Å². The summed E-state index contributed by atoms with van der Waals surface area (Å²) in [6.07, 6.45) is 2.26. The minimum atomic E-state index is -0.163. The van der Waals surface area contributed by atoms with Gasteiger partial charge in [0.15, 0.2) is 0 Å². The SMILES string of the molecule is CC(C)c1cc2c(s1)[N+](O)=C1CCC(F)=CC1=NC2. The summed E-state index contributed by atoms with van der Waals surface area (Å²) in [6, 6.07) is 2.09. The van der Waals surface area contributed by atoms with E-state index >= 15 is 0 Å². The van der Waals surface area contributed by atoms with Crippen LogP contribution in [0.1, 0.15) is 43.0 Å². The first kappa shape index (κ1) is 12.5. The van der Waals surface area contributed by atoms with Crippen LogP contribution in [0.25, 0.3) is 0 Å². The van der Waals surface area contributed by atoms with Gasteiger partial charge in [-0.25, -0.2) is 4.39 Å². The maximum absolute atomic E-state index is 13.3. The van der Waals surface area contributed by atoms with Gasteiger partial charge in [0.2, 0.25) is 0 Å². The molecule has 19 heavy (non-hydrogen) atoms. The normalized spacial score (nSPS) is 18.7. The summed E-state index contributed by atoms with van der Waals surface area (Å²) in [6.45, 7) is 4.76. The van der Waals surface area contributed by atoms with Crippen LogP contribution >= 0.6 is 11.3 Å². The summed E-state index contributed by atoms with van der Waals surface area (Å²) in [5, 5.41) is 11.2. The third kappa shape index (κ3) is 2.12. The summed E-state index contributed by atoms with van der Waals surface area (Å²) < 4.78 is 14.5. The molecule has 5 heteroatoms. The second-order valence-corrected chi connectivity index (χ2v) is 6.25. The van der Waals surface area contributed by atoms with Crippen LogP contribution in [-0.2, 0) is 6.54 Å². The lowest BCUT2D eigenvalue weighted by molar-refractivity contribution is -0.710. The molecule has 0 radical (unpaired) electrons. The van der Waals surface area contributed by atoms with Gasteiger partial charge in [0.05, 0.1) is 12.1 Å².